The minimum Gasteiger partial charge on any atom is -0.390 e. The van der Waals surface area contributed by atoms with Gasteiger partial charge in [0.1, 0.15) is 16.9 Å². The monoisotopic (exact) mass is 903 g/mol. The van der Waals surface area contributed by atoms with Crippen LogP contribution in [0.5, 0.6) is 0 Å². The molecule has 2 fully saturated rings. The van der Waals surface area contributed by atoms with Crippen molar-refractivity contribution in [3.05, 3.63) is 112 Å². The van der Waals surface area contributed by atoms with Crippen LogP contribution in [0.4, 0.5) is 17.1 Å². The van der Waals surface area contributed by atoms with Crippen molar-refractivity contribution in [1.29, 1.82) is 0 Å². The molecule has 4 N–H and O–H groups in total. The summed E-state index contributed by atoms with van der Waals surface area (Å²) < 4.78 is 31.6. The maximum absolute atomic E-state index is 14.2. The highest BCUT2D eigenvalue weighted by Crippen LogP contribution is 2.43. The molecule has 64 heavy (non-hydrogen) atoms. The van der Waals surface area contributed by atoms with E-state index in [1.807, 2.05) is 43.3 Å². The molecule has 0 unspecified atom stereocenters. The molecule has 3 aromatic carbocycles. The minimum atomic E-state index is -4.46. The van der Waals surface area contributed by atoms with Crippen LogP contribution in [0.3, 0.4) is 0 Å². The number of amides is 1. The van der Waals surface area contributed by atoms with E-state index in [0.717, 1.165) is 80.9 Å². The highest BCUT2D eigenvalue weighted by molar-refractivity contribution is 7.90. The lowest BCUT2D eigenvalue weighted by Gasteiger charge is -2.39. The summed E-state index contributed by atoms with van der Waals surface area (Å²) in [5, 5.41) is 22.9. The van der Waals surface area contributed by atoms with Gasteiger partial charge in [-0.3, -0.25) is 9.69 Å². The molecule has 9 rings (SSSR count). The van der Waals surface area contributed by atoms with Crippen molar-refractivity contribution >= 4 is 72.2 Å². The number of rotatable bonds is 12. The van der Waals surface area contributed by atoms with Gasteiger partial charge in [0, 0.05) is 61.6 Å². The largest absolute Gasteiger partial charge is 0.390 e. The lowest BCUT2D eigenvalue weighted by molar-refractivity contribution is 0.00976. The molecule has 2 aliphatic carbocycles. The summed E-state index contributed by atoms with van der Waals surface area (Å²) in [6.45, 7) is 11.2. The van der Waals surface area contributed by atoms with Crippen molar-refractivity contribution in [3.8, 4) is 5.69 Å². The number of fused-ring (bicyclic) bond motifs is 2. The molecule has 334 valence electrons. The second-order valence-electron chi connectivity index (χ2n) is 18.8. The van der Waals surface area contributed by atoms with E-state index in [1.165, 1.54) is 34.9 Å². The number of H-pyrrole nitrogens is 1. The number of pyridine rings is 1. The van der Waals surface area contributed by atoms with Crippen LogP contribution in [-0.2, 0) is 10.0 Å². The fraction of sp³-hybridized carbons (Fsp3) is 0.396. The molecule has 1 saturated carbocycles. The van der Waals surface area contributed by atoms with Gasteiger partial charge in [0.05, 0.1) is 39.1 Å². The van der Waals surface area contributed by atoms with Gasteiger partial charge in [-0.1, -0.05) is 43.2 Å². The van der Waals surface area contributed by atoms with E-state index in [-0.39, 0.29) is 27.5 Å². The van der Waals surface area contributed by atoms with Crippen molar-refractivity contribution < 1.29 is 18.3 Å². The third-order valence-corrected chi connectivity index (χ3v) is 15.0. The number of halogens is 1. The second-order valence-corrected chi connectivity index (χ2v) is 20.9. The predicted molar refractivity (Wildman–Crippen MR) is 253 cm³/mol. The van der Waals surface area contributed by atoms with E-state index in [4.69, 9.17) is 16.6 Å². The third-order valence-electron chi connectivity index (χ3n) is 13.4. The fourth-order valence-corrected chi connectivity index (χ4v) is 10.6. The summed E-state index contributed by atoms with van der Waals surface area (Å²) in [6, 6.07) is 21.4. The van der Waals surface area contributed by atoms with Crippen LogP contribution < -0.4 is 14.9 Å². The second kappa shape index (κ2) is 17.4. The topological polar surface area (TPSA) is 178 Å². The van der Waals surface area contributed by atoms with Crippen molar-refractivity contribution in [3.63, 3.8) is 0 Å². The molecule has 1 aliphatic heterocycles. The average Bonchev–Trinajstić information content (AvgIpc) is 3.92. The first kappa shape index (κ1) is 43.6. The highest BCUT2D eigenvalue weighted by atomic mass is 35.5. The number of benzene rings is 3. The molecular weight excluding hydrogens is 850 g/mol. The third kappa shape index (κ3) is 9.30. The van der Waals surface area contributed by atoms with E-state index in [9.17, 15) is 23.2 Å². The van der Waals surface area contributed by atoms with Gasteiger partial charge in [0.15, 0.2) is 0 Å². The van der Waals surface area contributed by atoms with Crippen LogP contribution in [0.15, 0.2) is 101 Å². The summed E-state index contributed by atoms with van der Waals surface area (Å²) in [6.07, 6.45) is 9.68. The first-order valence-electron chi connectivity index (χ1n) is 22.0. The molecule has 0 radical (unpaired) electrons. The van der Waals surface area contributed by atoms with Crippen LogP contribution in [-0.4, -0.2) is 88.9 Å². The van der Waals surface area contributed by atoms with E-state index in [0.29, 0.717) is 47.4 Å². The number of aliphatic hydroxyl groups is 1. The number of nitrogens with zero attached hydrogens (tertiary/aromatic N) is 6. The number of carbonyl (C=O) groups excluding carboxylic acids is 1. The predicted octanol–water partition coefficient (Wildman–Crippen LogP) is 9.21. The van der Waals surface area contributed by atoms with Crippen molar-refractivity contribution in [2.75, 3.05) is 49.5 Å². The smallest absolute Gasteiger partial charge is 0.267 e. The van der Waals surface area contributed by atoms with Crippen LogP contribution in [0.1, 0.15) is 81.6 Å². The molecule has 0 bridgehead atoms. The van der Waals surface area contributed by atoms with Gasteiger partial charge in [0.25, 0.3) is 15.9 Å². The van der Waals surface area contributed by atoms with Gasteiger partial charge < -0.3 is 20.3 Å². The zero-order valence-electron chi connectivity index (χ0n) is 36.4. The quantitative estimate of drug-likeness (QED) is 0.0866. The first-order valence-corrected chi connectivity index (χ1v) is 23.9. The normalized spacial score (nSPS) is 20.8. The Morgan fingerprint density at radius 1 is 0.969 bits per heavy atom. The summed E-state index contributed by atoms with van der Waals surface area (Å²) in [4.78, 5) is 38.5. The van der Waals surface area contributed by atoms with Crippen LogP contribution in [0.2, 0.25) is 5.02 Å². The van der Waals surface area contributed by atoms with Gasteiger partial charge in [-0.2, -0.15) is 5.10 Å². The molecule has 0 atom stereocenters. The van der Waals surface area contributed by atoms with E-state index in [2.05, 4.69) is 61.1 Å². The number of sulfonamides is 1. The molecular formula is C48H54ClN9O5S. The number of nitroso groups, excluding NO2 is 1. The highest BCUT2D eigenvalue weighted by Gasteiger charge is 2.31. The number of aromatic nitrogens is 4. The molecule has 3 aromatic heterocycles. The number of allylic oxidation sites excluding steroid dienone is 1. The lowest BCUT2D eigenvalue weighted by atomic mass is 9.72. The molecule has 1 saturated heterocycles. The Morgan fingerprint density at radius 3 is 2.48 bits per heavy atom. The molecule has 16 heteroatoms. The van der Waals surface area contributed by atoms with Crippen LogP contribution >= 0.6 is 11.6 Å². The average molecular weight is 905 g/mol. The van der Waals surface area contributed by atoms with Gasteiger partial charge in [-0.15, -0.1) is 4.91 Å². The van der Waals surface area contributed by atoms with Crippen molar-refractivity contribution in [1.82, 2.24) is 29.4 Å². The number of carbonyl (C=O) groups is 1. The number of anilines is 2. The van der Waals surface area contributed by atoms with Gasteiger partial charge >= 0.3 is 0 Å². The Balaban J connectivity index is 0.957. The number of hydrogen-bond donors (Lipinski definition) is 4. The number of nitrogens with one attached hydrogen (secondary N) is 3. The van der Waals surface area contributed by atoms with E-state index < -0.39 is 21.5 Å². The van der Waals surface area contributed by atoms with Crippen LogP contribution in [0.25, 0.3) is 33.3 Å². The molecule has 14 nitrogen and oxygen atoms in total. The standard InChI is InChI=1S/C48H54ClN9O5S/c1-47(2)16-14-34(39(27-47)32-4-6-35(49)7-5-32)30-56-20-22-57(23-21-56)36-8-10-38(43(25-36)58-44-24-33-15-19-50-45(33)53-42(44)29-52-58)46(59)55-64(62,63)37-9-11-40(41(26-37)54-61)51-28-31-12-17-48(3,60)18-13-31/h4-11,15,19,24-26,29,31,51,60H,12-14,16-18,20-23,27-28,30H2,1-3H3,(H,50,53)(H,55,59)/t31-,48+. The first-order chi connectivity index (χ1) is 30.6. The molecule has 3 aliphatic rings. The summed E-state index contributed by atoms with van der Waals surface area (Å²) in [7, 11) is -4.46. The Kier molecular flexibility index (Phi) is 11.9. The van der Waals surface area contributed by atoms with Crippen molar-refractivity contribution in [2.24, 2.45) is 16.5 Å². The zero-order valence-corrected chi connectivity index (χ0v) is 38.0. The maximum atomic E-state index is 14.2. The summed E-state index contributed by atoms with van der Waals surface area (Å²) in [5.41, 5.74) is 7.31. The Labute approximate surface area is 378 Å². The minimum absolute atomic E-state index is 0.0868. The Bertz CT molecular complexity index is 2870. The molecule has 4 heterocycles. The molecule has 6 aromatic rings. The summed E-state index contributed by atoms with van der Waals surface area (Å²) in [5.74, 6) is -0.571. The number of piperazine rings is 1. The maximum Gasteiger partial charge on any atom is 0.267 e. The number of hydrogen-bond acceptors (Lipinski definition) is 11. The van der Waals surface area contributed by atoms with E-state index in [1.54, 1.807) is 23.1 Å². The Hall–Kier alpha value is -5.61. The van der Waals surface area contributed by atoms with Crippen molar-refractivity contribution in [2.45, 2.75) is 76.2 Å². The van der Waals surface area contributed by atoms with Gasteiger partial charge in [-0.05, 0) is 140 Å². The summed E-state index contributed by atoms with van der Waals surface area (Å²) >= 11 is 6.26. The van der Waals surface area contributed by atoms with Crippen LogP contribution in [0, 0.1) is 16.2 Å². The zero-order chi connectivity index (χ0) is 44.8. The Morgan fingerprint density at radius 2 is 1.73 bits per heavy atom. The number of aromatic amines is 1. The van der Waals surface area contributed by atoms with Gasteiger partial charge in [0.2, 0.25) is 0 Å². The SMILES string of the molecule is CC1(C)CCC(CN2CCN(c3ccc(C(=O)NS(=O)(=O)c4ccc(NC[C@H]5CC[C@@](C)(O)CC5)c(N=O)c4)c(-n4ncc5nc6[nH]ccc6cc54)c3)CC2)=C(c2ccc(Cl)cc2)C1. The molecule has 0 spiro atoms. The fourth-order valence-electron chi connectivity index (χ4n) is 9.50. The lowest BCUT2D eigenvalue weighted by Crippen LogP contribution is -2.47. The van der Waals surface area contributed by atoms with E-state index >= 15 is 0 Å². The van der Waals surface area contributed by atoms with Gasteiger partial charge in [-0.25, -0.2) is 22.8 Å². The molecule has 1 amide bonds.